The van der Waals surface area contributed by atoms with Crippen LogP contribution >= 0.6 is 0 Å². The number of hydrogen-bond acceptors (Lipinski definition) is 6. The molecule has 0 aliphatic carbocycles. The second-order valence-corrected chi connectivity index (χ2v) is 7.09. The van der Waals surface area contributed by atoms with Crippen LogP contribution in [-0.2, 0) is 14.3 Å². The predicted molar refractivity (Wildman–Crippen MR) is 98.6 cm³/mol. The predicted octanol–water partition coefficient (Wildman–Crippen LogP) is 0.677. The van der Waals surface area contributed by atoms with E-state index in [1.165, 1.54) is 0 Å². The summed E-state index contributed by atoms with van der Waals surface area (Å²) in [6.07, 6.45) is 0. The minimum Gasteiger partial charge on any atom is -0.454 e. The second-order valence-electron chi connectivity index (χ2n) is 7.09. The molecule has 8 heteroatoms. The molecule has 0 aromatic heterocycles. The van der Waals surface area contributed by atoms with Gasteiger partial charge in [-0.1, -0.05) is 19.9 Å². The van der Waals surface area contributed by atoms with Crippen molar-refractivity contribution in [3.8, 4) is 11.5 Å². The Labute approximate surface area is 159 Å². The molecule has 0 bridgehead atoms. The summed E-state index contributed by atoms with van der Waals surface area (Å²) >= 11 is 0. The molecule has 0 unspecified atom stereocenters. The molecule has 1 aromatic rings. The van der Waals surface area contributed by atoms with Crippen molar-refractivity contribution in [2.24, 2.45) is 5.92 Å². The van der Waals surface area contributed by atoms with Gasteiger partial charge in [0.2, 0.25) is 6.79 Å². The largest absolute Gasteiger partial charge is 0.454 e. The fourth-order valence-corrected chi connectivity index (χ4v) is 3.11. The monoisotopic (exact) mass is 377 g/mol. The first kappa shape index (κ1) is 19.4. The van der Waals surface area contributed by atoms with Crippen molar-refractivity contribution >= 4 is 11.8 Å². The summed E-state index contributed by atoms with van der Waals surface area (Å²) < 4.78 is 16.3. The summed E-state index contributed by atoms with van der Waals surface area (Å²) in [7, 11) is 0. The van der Waals surface area contributed by atoms with Gasteiger partial charge >= 0.3 is 11.8 Å². The molecule has 2 aliphatic rings. The highest BCUT2D eigenvalue weighted by molar-refractivity contribution is 6.35. The van der Waals surface area contributed by atoms with Crippen LogP contribution in [0.15, 0.2) is 18.2 Å². The maximum atomic E-state index is 12.2. The lowest BCUT2D eigenvalue weighted by atomic mass is 10.0. The van der Waals surface area contributed by atoms with E-state index in [2.05, 4.69) is 15.5 Å². The Morgan fingerprint density at radius 3 is 2.41 bits per heavy atom. The Morgan fingerprint density at radius 2 is 1.70 bits per heavy atom. The quantitative estimate of drug-likeness (QED) is 0.709. The van der Waals surface area contributed by atoms with Crippen LogP contribution in [0.4, 0.5) is 0 Å². The summed E-state index contributed by atoms with van der Waals surface area (Å²) in [6, 6.07) is 5.71. The first-order valence-corrected chi connectivity index (χ1v) is 9.32. The number of ether oxygens (including phenoxy) is 3. The third kappa shape index (κ3) is 5.11. The Morgan fingerprint density at radius 1 is 1.04 bits per heavy atom. The molecule has 27 heavy (non-hydrogen) atoms. The highest BCUT2D eigenvalue weighted by Gasteiger charge is 2.26. The van der Waals surface area contributed by atoms with Crippen molar-refractivity contribution in [1.82, 2.24) is 15.5 Å². The van der Waals surface area contributed by atoms with Gasteiger partial charge in [-0.05, 0) is 23.6 Å². The number of nitrogens with one attached hydrogen (secondary N) is 2. The summed E-state index contributed by atoms with van der Waals surface area (Å²) in [5, 5.41) is 5.40. The third-order valence-electron chi connectivity index (χ3n) is 4.60. The highest BCUT2D eigenvalue weighted by Crippen LogP contribution is 2.35. The summed E-state index contributed by atoms with van der Waals surface area (Å²) in [4.78, 5) is 26.3. The van der Waals surface area contributed by atoms with Crippen LogP contribution < -0.4 is 20.1 Å². The minimum absolute atomic E-state index is 0.0785. The van der Waals surface area contributed by atoms with E-state index >= 15 is 0 Å². The number of benzene rings is 1. The van der Waals surface area contributed by atoms with E-state index in [0.717, 1.165) is 24.4 Å². The first-order chi connectivity index (χ1) is 13.0. The smallest absolute Gasteiger partial charge is 0.309 e. The maximum Gasteiger partial charge on any atom is 0.309 e. The number of carbonyl (C=O) groups is 2. The molecular weight excluding hydrogens is 350 g/mol. The summed E-state index contributed by atoms with van der Waals surface area (Å²) in [6.45, 7) is 7.78. The van der Waals surface area contributed by atoms with Crippen LogP contribution in [0.1, 0.15) is 25.5 Å². The fraction of sp³-hybridized carbons (Fsp3) is 0.579. The average molecular weight is 377 g/mol. The SMILES string of the molecule is CC(C)CNC(=O)C(=O)NC[C@@H](c1ccc2c(c1)OCO2)N1CCOCC1. The fourth-order valence-electron chi connectivity index (χ4n) is 3.11. The Hall–Kier alpha value is -2.32. The Kier molecular flexibility index (Phi) is 6.52. The molecule has 148 valence electrons. The van der Waals surface area contributed by atoms with E-state index in [0.29, 0.717) is 32.1 Å². The Bertz CT molecular complexity index is 673. The molecular formula is C19H27N3O5. The van der Waals surface area contributed by atoms with Crippen molar-refractivity contribution < 1.29 is 23.8 Å². The van der Waals surface area contributed by atoms with Crippen molar-refractivity contribution in [2.45, 2.75) is 19.9 Å². The second kappa shape index (κ2) is 9.05. The molecule has 1 aromatic carbocycles. The van der Waals surface area contributed by atoms with Gasteiger partial charge < -0.3 is 24.8 Å². The van der Waals surface area contributed by atoms with Crippen LogP contribution in [-0.4, -0.2) is 62.9 Å². The van der Waals surface area contributed by atoms with Crippen LogP contribution in [0, 0.1) is 5.92 Å². The van der Waals surface area contributed by atoms with Crippen molar-refractivity contribution in [2.75, 3.05) is 46.2 Å². The lowest BCUT2D eigenvalue weighted by molar-refractivity contribution is -0.139. The standard InChI is InChI=1S/C19H27N3O5/c1-13(2)10-20-18(23)19(24)21-11-15(22-5-7-25-8-6-22)14-3-4-16-17(9-14)27-12-26-16/h3-4,9,13,15H,5-8,10-12H2,1-2H3,(H,20,23)(H,21,24)/t15-/m0/s1. The van der Waals surface area contributed by atoms with Gasteiger partial charge in [-0.3, -0.25) is 14.5 Å². The first-order valence-electron chi connectivity index (χ1n) is 9.32. The van der Waals surface area contributed by atoms with E-state index in [1.54, 1.807) is 0 Å². The summed E-state index contributed by atoms with van der Waals surface area (Å²) in [5.41, 5.74) is 1.00. The zero-order chi connectivity index (χ0) is 19.2. The summed E-state index contributed by atoms with van der Waals surface area (Å²) in [5.74, 6) is 0.490. The lowest BCUT2D eigenvalue weighted by Crippen LogP contribution is -2.47. The molecule has 2 heterocycles. The van der Waals surface area contributed by atoms with Crippen molar-refractivity contribution in [3.05, 3.63) is 23.8 Å². The van der Waals surface area contributed by atoms with Gasteiger partial charge in [0.25, 0.3) is 0 Å². The minimum atomic E-state index is -0.616. The Balaban J connectivity index is 1.67. The van der Waals surface area contributed by atoms with Gasteiger partial charge in [0.05, 0.1) is 19.3 Å². The number of amides is 2. The van der Waals surface area contributed by atoms with Gasteiger partial charge in [-0.2, -0.15) is 0 Å². The van der Waals surface area contributed by atoms with Crippen LogP contribution in [0.2, 0.25) is 0 Å². The lowest BCUT2D eigenvalue weighted by Gasteiger charge is -2.35. The molecule has 2 N–H and O–H groups in total. The number of nitrogens with zero attached hydrogens (tertiary/aromatic N) is 1. The molecule has 1 fully saturated rings. The normalized spacial score (nSPS) is 17.6. The van der Waals surface area contributed by atoms with Crippen LogP contribution in [0.3, 0.4) is 0 Å². The number of morpholine rings is 1. The van der Waals surface area contributed by atoms with Crippen LogP contribution in [0.5, 0.6) is 11.5 Å². The maximum absolute atomic E-state index is 12.2. The topological polar surface area (TPSA) is 89.1 Å². The van der Waals surface area contributed by atoms with Gasteiger partial charge in [0.1, 0.15) is 0 Å². The molecule has 1 atom stereocenters. The van der Waals surface area contributed by atoms with E-state index in [-0.39, 0.29) is 18.8 Å². The van der Waals surface area contributed by atoms with Gasteiger partial charge in [0, 0.05) is 26.2 Å². The number of carbonyl (C=O) groups excluding carboxylic acids is 2. The molecule has 2 amide bonds. The van der Waals surface area contributed by atoms with Crippen molar-refractivity contribution in [1.29, 1.82) is 0 Å². The molecule has 1 saturated heterocycles. The highest BCUT2D eigenvalue weighted by atomic mass is 16.7. The van der Waals surface area contributed by atoms with Crippen LogP contribution in [0.25, 0.3) is 0 Å². The number of fused-ring (bicyclic) bond motifs is 1. The molecule has 0 spiro atoms. The zero-order valence-electron chi connectivity index (χ0n) is 15.8. The van der Waals surface area contributed by atoms with Crippen molar-refractivity contribution in [3.63, 3.8) is 0 Å². The number of rotatable bonds is 6. The van der Waals surface area contributed by atoms with Gasteiger partial charge in [-0.15, -0.1) is 0 Å². The van der Waals surface area contributed by atoms with E-state index in [9.17, 15) is 9.59 Å². The van der Waals surface area contributed by atoms with E-state index < -0.39 is 11.8 Å². The molecule has 0 saturated carbocycles. The third-order valence-corrected chi connectivity index (χ3v) is 4.60. The molecule has 8 nitrogen and oxygen atoms in total. The zero-order valence-corrected chi connectivity index (χ0v) is 15.8. The van der Waals surface area contributed by atoms with E-state index in [1.807, 2.05) is 32.0 Å². The van der Waals surface area contributed by atoms with Gasteiger partial charge in [0.15, 0.2) is 11.5 Å². The van der Waals surface area contributed by atoms with Gasteiger partial charge in [-0.25, -0.2) is 0 Å². The molecule has 0 radical (unpaired) electrons. The molecule has 2 aliphatic heterocycles. The van der Waals surface area contributed by atoms with E-state index in [4.69, 9.17) is 14.2 Å². The molecule has 3 rings (SSSR count). The average Bonchev–Trinajstić information content (AvgIpc) is 3.14. The number of hydrogen-bond donors (Lipinski definition) is 2.